The number of hydrogen-bond acceptors (Lipinski definition) is 4. The summed E-state index contributed by atoms with van der Waals surface area (Å²) >= 11 is 0. The minimum atomic E-state index is 0.658. The highest BCUT2D eigenvalue weighted by Crippen LogP contribution is 2.34. The average molecular weight is 276 g/mol. The second-order valence-electron chi connectivity index (χ2n) is 5.08. The standard InChI is InChI=1S/C16H24N2O2/c1-19-15-10-13(17)14(11-16(15)20-2)18-9-8-12-6-4-3-5-7-12/h6,10-11,18H,3-5,7-9,17H2,1-2H3. The Kier molecular flexibility index (Phi) is 5.16. The van der Waals surface area contributed by atoms with Crippen molar-refractivity contribution in [3.8, 4) is 11.5 Å². The lowest BCUT2D eigenvalue weighted by Crippen LogP contribution is -2.07. The van der Waals surface area contributed by atoms with E-state index in [9.17, 15) is 0 Å². The number of hydrogen-bond donors (Lipinski definition) is 2. The van der Waals surface area contributed by atoms with Gasteiger partial charge in [0.25, 0.3) is 0 Å². The van der Waals surface area contributed by atoms with Crippen LogP contribution >= 0.6 is 0 Å². The van der Waals surface area contributed by atoms with Crippen LogP contribution in [0.3, 0.4) is 0 Å². The maximum atomic E-state index is 6.03. The number of methoxy groups -OCH3 is 2. The Morgan fingerprint density at radius 2 is 1.90 bits per heavy atom. The zero-order valence-electron chi connectivity index (χ0n) is 12.4. The van der Waals surface area contributed by atoms with E-state index >= 15 is 0 Å². The first kappa shape index (κ1) is 14.6. The molecule has 0 bridgehead atoms. The number of nitrogens with one attached hydrogen (secondary N) is 1. The Morgan fingerprint density at radius 3 is 2.55 bits per heavy atom. The van der Waals surface area contributed by atoms with Gasteiger partial charge in [-0.05, 0) is 32.1 Å². The summed E-state index contributed by atoms with van der Waals surface area (Å²) in [5, 5.41) is 3.38. The third kappa shape index (κ3) is 3.59. The zero-order valence-corrected chi connectivity index (χ0v) is 12.4. The molecule has 1 aromatic rings. The van der Waals surface area contributed by atoms with Crippen molar-refractivity contribution in [1.29, 1.82) is 0 Å². The van der Waals surface area contributed by atoms with Crippen molar-refractivity contribution in [2.45, 2.75) is 32.1 Å². The molecule has 0 atom stereocenters. The van der Waals surface area contributed by atoms with Gasteiger partial charge in [0, 0.05) is 18.7 Å². The van der Waals surface area contributed by atoms with Crippen LogP contribution in [0.1, 0.15) is 32.1 Å². The number of nitrogen functional groups attached to an aromatic ring is 1. The van der Waals surface area contributed by atoms with Crippen molar-refractivity contribution in [3.05, 3.63) is 23.8 Å². The van der Waals surface area contributed by atoms with Crippen LogP contribution in [0, 0.1) is 0 Å². The Labute approximate surface area is 121 Å². The van der Waals surface area contributed by atoms with Crippen molar-refractivity contribution < 1.29 is 9.47 Å². The summed E-state index contributed by atoms with van der Waals surface area (Å²) in [4.78, 5) is 0. The number of benzene rings is 1. The van der Waals surface area contributed by atoms with Crippen molar-refractivity contribution >= 4 is 11.4 Å². The molecule has 20 heavy (non-hydrogen) atoms. The lowest BCUT2D eigenvalue weighted by molar-refractivity contribution is 0.355. The number of allylic oxidation sites excluding steroid dienone is 1. The SMILES string of the molecule is COc1cc(N)c(NCCC2=CCCCC2)cc1OC. The second-order valence-corrected chi connectivity index (χ2v) is 5.08. The largest absolute Gasteiger partial charge is 0.493 e. The Morgan fingerprint density at radius 1 is 1.15 bits per heavy atom. The monoisotopic (exact) mass is 276 g/mol. The quantitative estimate of drug-likeness (QED) is 0.616. The van der Waals surface area contributed by atoms with Gasteiger partial charge in [0.15, 0.2) is 11.5 Å². The van der Waals surface area contributed by atoms with Crippen LogP contribution in [0.2, 0.25) is 0 Å². The molecule has 0 fully saturated rings. The smallest absolute Gasteiger partial charge is 0.162 e. The predicted octanol–water partition coefficient (Wildman–Crippen LogP) is 3.59. The summed E-state index contributed by atoms with van der Waals surface area (Å²) in [5.74, 6) is 1.35. The average Bonchev–Trinajstić information content (AvgIpc) is 2.49. The molecule has 4 nitrogen and oxygen atoms in total. The van der Waals surface area contributed by atoms with E-state index in [2.05, 4.69) is 11.4 Å². The summed E-state index contributed by atoms with van der Waals surface area (Å²) in [6, 6.07) is 3.68. The summed E-state index contributed by atoms with van der Waals surface area (Å²) in [6.07, 6.45) is 8.58. The van der Waals surface area contributed by atoms with E-state index in [1.165, 1.54) is 25.7 Å². The molecule has 0 saturated carbocycles. The minimum Gasteiger partial charge on any atom is -0.493 e. The Balaban J connectivity index is 1.96. The van der Waals surface area contributed by atoms with E-state index in [0.29, 0.717) is 17.2 Å². The normalized spacial score (nSPS) is 14.6. The van der Waals surface area contributed by atoms with Gasteiger partial charge in [-0.25, -0.2) is 0 Å². The van der Waals surface area contributed by atoms with Crippen molar-refractivity contribution in [2.24, 2.45) is 0 Å². The van der Waals surface area contributed by atoms with Gasteiger partial charge in [0.2, 0.25) is 0 Å². The Hall–Kier alpha value is -1.84. The maximum Gasteiger partial charge on any atom is 0.162 e. The Bertz CT molecular complexity index is 484. The number of ether oxygens (including phenoxy) is 2. The topological polar surface area (TPSA) is 56.5 Å². The van der Waals surface area contributed by atoms with E-state index in [1.807, 2.05) is 6.07 Å². The van der Waals surface area contributed by atoms with Gasteiger partial charge < -0.3 is 20.5 Å². The van der Waals surface area contributed by atoms with Crippen molar-refractivity contribution in [1.82, 2.24) is 0 Å². The van der Waals surface area contributed by atoms with Gasteiger partial charge in [-0.1, -0.05) is 11.6 Å². The fourth-order valence-electron chi connectivity index (χ4n) is 2.54. The summed E-state index contributed by atoms with van der Waals surface area (Å²) in [6.45, 7) is 0.894. The fraction of sp³-hybridized carbons (Fsp3) is 0.500. The van der Waals surface area contributed by atoms with Crippen LogP contribution in [0.5, 0.6) is 11.5 Å². The fourth-order valence-corrected chi connectivity index (χ4v) is 2.54. The lowest BCUT2D eigenvalue weighted by Gasteiger charge is -2.16. The predicted molar refractivity (Wildman–Crippen MR) is 83.6 cm³/mol. The molecule has 0 spiro atoms. The van der Waals surface area contributed by atoms with Gasteiger partial charge in [-0.3, -0.25) is 0 Å². The summed E-state index contributed by atoms with van der Waals surface area (Å²) in [5.41, 5.74) is 9.17. The maximum absolute atomic E-state index is 6.03. The molecule has 110 valence electrons. The van der Waals surface area contributed by atoms with Crippen LogP contribution in [0.4, 0.5) is 11.4 Å². The van der Waals surface area contributed by atoms with Crippen LogP contribution in [-0.2, 0) is 0 Å². The highest BCUT2D eigenvalue weighted by Gasteiger charge is 2.09. The molecule has 3 N–H and O–H groups in total. The molecular formula is C16H24N2O2. The first-order valence-corrected chi connectivity index (χ1v) is 7.18. The van der Waals surface area contributed by atoms with E-state index in [-0.39, 0.29) is 0 Å². The van der Waals surface area contributed by atoms with Crippen LogP contribution in [-0.4, -0.2) is 20.8 Å². The molecule has 0 amide bonds. The van der Waals surface area contributed by atoms with Gasteiger partial charge in [0.1, 0.15) is 0 Å². The van der Waals surface area contributed by atoms with Gasteiger partial charge in [-0.15, -0.1) is 0 Å². The molecule has 2 rings (SSSR count). The lowest BCUT2D eigenvalue weighted by atomic mass is 9.97. The highest BCUT2D eigenvalue weighted by molar-refractivity contribution is 5.72. The van der Waals surface area contributed by atoms with Crippen LogP contribution < -0.4 is 20.5 Å². The molecule has 0 aliphatic heterocycles. The third-order valence-electron chi connectivity index (χ3n) is 3.70. The highest BCUT2D eigenvalue weighted by atomic mass is 16.5. The molecule has 0 radical (unpaired) electrons. The van der Waals surface area contributed by atoms with E-state index in [4.69, 9.17) is 15.2 Å². The van der Waals surface area contributed by atoms with Gasteiger partial charge in [-0.2, -0.15) is 0 Å². The summed E-state index contributed by atoms with van der Waals surface area (Å²) in [7, 11) is 3.24. The summed E-state index contributed by atoms with van der Waals surface area (Å²) < 4.78 is 10.5. The second kappa shape index (κ2) is 7.08. The van der Waals surface area contributed by atoms with Crippen LogP contribution in [0.25, 0.3) is 0 Å². The molecule has 1 aliphatic rings. The van der Waals surface area contributed by atoms with Gasteiger partial charge >= 0.3 is 0 Å². The van der Waals surface area contributed by atoms with E-state index in [0.717, 1.165) is 18.7 Å². The molecule has 1 aliphatic carbocycles. The number of anilines is 2. The van der Waals surface area contributed by atoms with E-state index in [1.54, 1.807) is 25.9 Å². The van der Waals surface area contributed by atoms with Crippen molar-refractivity contribution in [2.75, 3.05) is 31.8 Å². The molecular weight excluding hydrogens is 252 g/mol. The first-order chi connectivity index (χ1) is 9.74. The number of rotatable bonds is 6. The molecule has 0 heterocycles. The molecule has 1 aromatic carbocycles. The van der Waals surface area contributed by atoms with Crippen molar-refractivity contribution in [3.63, 3.8) is 0 Å². The molecule has 0 saturated heterocycles. The molecule has 4 heteroatoms. The molecule has 0 unspecified atom stereocenters. The minimum absolute atomic E-state index is 0.658. The zero-order chi connectivity index (χ0) is 14.4. The van der Waals surface area contributed by atoms with Crippen LogP contribution in [0.15, 0.2) is 23.8 Å². The first-order valence-electron chi connectivity index (χ1n) is 7.18. The van der Waals surface area contributed by atoms with E-state index < -0.39 is 0 Å². The van der Waals surface area contributed by atoms with Gasteiger partial charge in [0.05, 0.1) is 25.6 Å². The number of nitrogens with two attached hydrogens (primary N) is 1. The molecule has 0 aromatic heterocycles. The third-order valence-corrected chi connectivity index (χ3v) is 3.70.